The van der Waals surface area contributed by atoms with Crippen molar-refractivity contribution in [3.63, 3.8) is 0 Å². The first-order chi connectivity index (χ1) is 12.1. The Kier molecular flexibility index (Phi) is 6.00. The molecule has 1 aromatic carbocycles. The van der Waals surface area contributed by atoms with Crippen molar-refractivity contribution >= 4 is 9.84 Å². The summed E-state index contributed by atoms with van der Waals surface area (Å²) in [5, 5.41) is 0. The van der Waals surface area contributed by atoms with Gasteiger partial charge in [0.2, 0.25) is 0 Å². The van der Waals surface area contributed by atoms with Crippen LogP contribution in [0.4, 0.5) is 13.2 Å². The molecule has 10 heteroatoms. The highest BCUT2D eigenvalue weighted by molar-refractivity contribution is 7.90. The zero-order chi connectivity index (χ0) is 19.1. The number of alkyl halides is 3. The Hall–Kier alpha value is -1.95. The third-order valence-electron chi connectivity index (χ3n) is 3.74. The third-order valence-corrected chi connectivity index (χ3v) is 4.87. The fraction of sp³-hybridized carbons (Fsp3) is 0.176. The first-order valence-electron chi connectivity index (χ1n) is 7.48. The number of nitrogens with zero attached hydrogens (tertiary/aromatic N) is 3. The number of aromatic nitrogens is 3. The molecule has 0 saturated heterocycles. The second-order valence-corrected chi connectivity index (χ2v) is 7.86. The van der Waals surface area contributed by atoms with Crippen LogP contribution in [-0.4, -0.2) is 24.2 Å². The molecular formula is C17H15F3IN3O2S. The minimum atomic E-state index is -4.59. The fourth-order valence-electron chi connectivity index (χ4n) is 2.49. The van der Waals surface area contributed by atoms with E-state index in [1.165, 1.54) is 28.8 Å². The molecule has 0 spiro atoms. The van der Waals surface area contributed by atoms with Gasteiger partial charge in [-0.2, -0.15) is 13.2 Å². The van der Waals surface area contributed by atoms with Crippen LogP contribution in [0.1, 0.15) is 5.69 Å². The highest BCUT2D eigenvalue weighted by atomic mass is 127. The van der Waals surface area contributed by atoms with Gasteiger partial charge in [-0.3, -0.25) is 4.57 Å². The van der Waals surface area contributed by atoms with Crippen LogP contribution in [-0.2, 0) is 23.1 Å². The molecule has 27 heavy (non-hydrogen) atoms. The van der Waals surface area contributed by atoms with Gasteiger partial charge in [0, 0.05) is 24.2 Å². The van der Waals surface area contributed by atoms with Crippen LogP contribution in [0.2, 0.25) is 0 Å². The summed E-state index contributed by atoms with van der Waals surface area (Å²) in [4.78, 5) is 3.83. The van der Waals surface area contributed by atoms with E-state index in [9.17, 15) is 21.6 Å². The van der Waals surface area contributed by atoms with Crippen LogP contribution in [0.15, 0.2) is 59.9 Å². The normalized spacial score (nSPS) is 11.9. The monoisotopic (exact) mass is 509 g/mol. The SMILES string of the molecule is C[n+]1cccc(-c2nc(C(F)(F)F)cn2-c2ccc(S(C)(=O)=O)cc2)c1.[I-]. The number of halogens is 4. The van der Waals surface area contributed by atoms with Gasteiger partial charge in [0.05, 0.1) is 10.5 Å². The fourth-order valence-corrected chi connectivity index (χ4v) is 3.12. The Balaban J connectivity index is 0.00000261. The topological polar surface area (TPSA) is 55.8 Å². The highest BCUT2D eigenvalue weighted by Gasteiger charge is 2.35. The van der Waals surface area contributed by atoms with Gasteiger partial charge in [-0.25, -0.2) is 18.0 Å². The lowest BCUT2D eigenvalue weighted by molar-refractivity contribution is -0.671. The van der Waals surface area contributed by atoms with Crippen LogP contribution in [0.3, 0.4) is 0 Å². The standard InChI is InChI=1S/C17H15F3N3O2S.HI/c1-22-9-3-4-12(10-22)16-21-15(17(18,19)20)11-23(16)13-5-7-14(8-6-13)26(2,24)25;/h3-11H,1-2H3;1H/q+1;/p-1. The van der Waals surface area contributed by atoms with Crippen molar-refractivity contribution in [1.29, 1.82) is 0 Å². The minimum Gasteiger partial charge on any atom is -1.00 e. The molecule has 0 fully saturated rings. The summed E-state index contributed by atoms with van der Waals surface area (Å²) < 4.78 is 65.6. The molecule has 5 nitrogen and oxygen atoms in total. The zero-order valence-electron chi connectivity index (χ0n) is 14.3. The maximum Gasteiger partial charge on any atom is 0.434 e. The Labute approximate surface area is 171 Å². The molecule has 0 saturated carbocycles. The zero-order valence-corrected chi connectivity index (χ0v) is 17.2. The number of hydrogen-bond acceptors (Lipinski definition) is 3. The van der Waals surface area contributed by atoms with E-state index < -0.39 is 21.7 Å². The Morgan fingerprint density at radius 1 is 1.11 bits per heavy atom. The van der Waals surface area contributed by atoms with Crippen molar-refractivity contribution in [2.45, 2.75) is 11.1 Å². The predicted octanol–water partition coefficient (Wildman–Crippen LogP) is -0.210. The number of sulfone groups is 1. The Morgan fingerprint density at radius 2 is 1.74 bits per heavy atom. The lowest BCUT2D eigenvalue weighted by Gasteiger charge is -2.08. The Bertz CT molecular complexity index is 1060. The first kappa shape index (κ1) is 21.4. The van der Waals surface area contributed by atoms with E-state index in [2.05, 4.69) is 4.98 Å². The molecule has 3 aromatic rings. The van der Waals surface area contributed by atoms with Gasteiger partial charge in [0.25, 0.3) is 0 Å². The van der Waals surface area contributed by atoms with Crippen LogP contribution in [0, 0.1) is 0 Å². The maximum atomic E-state index is 13.2. The molecule has 144 valence electrons. The summed E-state index contributed by atoms with van der Waals surface area (Å²) in [6.45, 7) is 0. The molecule has 0 amide bonds. The quantitative estimate of drug-likeness (QED) is 0.363. The van der Waals surface area contributed by atoms with Gasteiger partial charge in [0.15, 0.2) is 33.7 Å². The molecule has 0 N–H and O–H groups in total. The average molecular weight is 509 g/mol. The van der Waals surface area contributed by atoms with Crippen LogP contribution < -0.4 is 28.5 Å². The predicted molar refractivity (Wildman–Crippen MR) is 88.3 cm³/mol. The average Bonchev–Trinajstić information content (AvgIpc) is 3.00. The molecule has 2 heterocycles. The molecule has 0 bridgehead atoms. The van der Waals surface area contributed by atoms with Gasteiger partial charge in [-0.05, 0) is 30.3 Å². The Morgan fingerprint density at radius 3 is 2.26 bits per heavy atom. The number of hydrogen-bond donors (Lipinski definition) is 0. The van der Waals surface area contributed by atoms with Crippen molar-refractivity contribution in [1.82, 2.24) is 9.55 Å². The van der Waals surface area contributed by atoms with Crippen LogP contribution in [0.25, 0.3) is 17.1 Å². The summed E-state index contributed by atoms with van der Waals surface area (Å²) in [6.07, 6.45) is 0.782. The van der Waals surface area contributed by atoms with E-state index in [4.69, 9.17) is 0 Å². The smallest absolute Gasteiger partial charge is 0.434 e. The lowest BCUT2D eigenvalue weighted by Crippen LogP contribution is -3.00. The molecular weight excluding hydrogens is 494 g/mol. The van der Waals surface area contributed by atoms with Crippen molar-refractivity contribution in [3.05, 3.63) is 60.7 Å². The highest BCUT2D eigenvalue weighted by Crippen LogP contribution is 2.32. The molecule has 0 aliphatic carbocycles. The molecule has 0 radical (unpaired) electrons. The number of aryl methyl sites for hydroxylation is 1. The van der Waals surface area contributed by atoms with Gasteiger partial charge in [0.1, 0.15) is 7.05 Å². The van der Waals surface area contributed by atoms with E-state index in [-0.39, 0.29) is 34.7 Å². The molecule has 2 aromatic heterocycles. The van der Waals surface area contributed by atoms with E-state index in [1.54, 1.807) is 36.1 Å². The minimum absolute atomic E-state index is 0. The number of imidazole rings is 1. The second-order valence-electron chi connectivity index (χ2n) is 5.84. The largest absolute Gasteiger partial charge is 1.00 e. The number of pyridine rings is 1. The summed E-state index contributed by atoms with van der Waals surface area (Å²) in [6, 6.07) is 8.97. The van der Waals surface area contributed by atoms with E-state index in [0.717, 1.165) is 12.5 Å². The van der Waals surface area contributed by atoms with Crippen molar-refractivity contribution in [2.24, 2.45) is 7.05 Å². The third kappa shape index (κ3) is 4.67. The second kappa shape index (κ2) is 7.58. The summed E-state index contributed by atoms with van der Waals surface area (Å²) in [7, 11) is -1.64. The van der Waals surface area contributed by atoms with Crippen LogP contribution in [0.5, 0.6) is 0 Å². The molecule has 3 rings (SSSR count). The lowest BCUT2D eigenvalue weighted by atomic mass is 10.2. The van der Waals surface area contributed by atoms with Gasteiger partial charge in [-0.15, -0.1) is 0 Å². The van der Waals surface area contributed by atoms with Crippen LogP contribution >= 0.6 is 0 Å². The van der Waals surface area contributed by atoms with Crippen molar-refractivity contribution < 1.29 is 50.1 Å². The first-order valence-corrected chi connectivity index (χ1v) is 9.37. The molecule has 0 atom stereocenters. The summed E-state index contributed by atoms with van der Waals surface area (Å²) in [5.74, 6) is 0.112. The molecule has 0 aliphatic heterocycles. The van der Waals surface area contributed by atoms with Gasteiger partial charge in [-0.1, -0.05) is 0 Å². The maximum absolute atomic E-state index is 13.2. The van der Waals surface area contributed by atoms with Crippen molar-refractivity contribution in [2.75, 3.05) is 6.26 Å². The van der Waals surface area contributed by atoms with E-state index >= 15 is 0 Å². The summed E-state index contributed by atoms with van der Waals surface area (Å²) in [5.41, 5.74) is -0.147. The number of rotatable bonds is 3. The van der Waals surface area contributed by atoms with E-state index in [0.29, 0.717) is 11.3 Å². The molecule has 0 unspecified atom stereocenters. The van der Waals surface area contributed by atoms with Crippen molar-refractivity contribution in [3.8, 4) is 17.1 Å². The number of benzene rings is 1. The van der Waals surface area contributed by atoms with E-state index in [1.807, 2.05) is 0 Å². The summed E-state index contributed by atoms with van der Waals surface area (Å²) >= 11 is 0. The van der Waals surface area contributed by atoms with Gasteiger partial charge >= 0.3 is 6.18 Å². The van der Waals surface area contributed by atoms with Gasteiger partial charge < -0.3 is 24.0 Å². The molecule has 0 aliphatic rings.